The molecular formula is C11H16ClF3N2O2S. The van der Waals surface area contributed by atoms with Gasteiger partial charge in [0.15, 0.2) is 0 Å². The van der Waals surface area contributed by atoms with Gasteiger partial charge in [0, 0.05) is 25.5 Å². The third kappa shape index (κ3) is 4.13. The minimum Gasteiger partial charge on any atom is -0.352 e. The predicted molar refractivity (Wildman–Crippen MR) is 70.1 cm³/mol. The van der Waals surface area contributed by atoms with Crippen LogP contribution in [0, 0.1) is 0 Å². The van der Waals surface area contributed by atoms with Crippen molar-refractivity contribution < 1.29 is 21.6 Å². The standard InChI is InChI=1S/C11H16ClF3N2O2S/c1-3-4-17(8-11(13,14)15)20(18,19)10-5-9(6-12)16(2)7-10/h5,7H,3-4,6,8H2,1-2H3. The van der Waals surface area contributed by atoms with Gasteiger partial charge in [-0.2, -0.15) is 17.5 Å². The lowest BCUT2D eigenvalue weighted by molar-refractivity contribution is -0.136. The van der Waals surface area contributed by atoms with Crippen molar-refractivity contribution >= 4 is 21.6 Å². The Bertz CT molecular complexity index is 555. The number of alkyl halides is 4. The molecule has 0 unspecified atom stereocenters. The third-order valence-electron chi connectivity index (χ3n) is 2.69. The molecule has 0 saturated heterocycles. The first kappa shape index (κ1) is 17.3. The predicted octanol–water partition coefficient (Wildman–Crippen LogP) is 2.73. The van der Waals surface area contributed by atoms with Crippen LogP contribution in [0.2, 0.25) is 0 Å². The maximum absolute atomic E-state index is 12.5. The SMILES string of the molecule is CCCN(CC(F)(F)F)S(=O)(=O)c1cc(CCl)n(C)c1. The fourth-order valence-corrected chi connectivity index (χ4v) is 3.61. The molecule has 0 amide bonds. The van der Waals surface area contributed by atoms with Crippen LogP contribution in [-0.2, 0) is 23.0 Å². The van der Waals surface area contributed by atoms with Gasteiger partial charge in [-0.05, 0) is 12.5 Å². The minimum absolute atomic E-state index is 0.0824. The summed E-state index contributed by atoms with van der Waals surface area (Å²) in [5.74, 6) is 0.0824. The highest BCUT2D eigenvalue weighted by molar-refractivity contribution is 7.89. The summed E-state index contributed by atoms with van der Waals surface area (Å²) in [5.41, 5.74) is 0.522. The van der Waals surface area contributed by atoms with Crippen LogP contribution in [0.5, 0.6) is 0 Å². The molecule has 116 valence electrons. The van der Waals surface area contributed by atoms with E-state index in [4.69, 9.17) is 11.6 Å². The number of nitrogens with zero attached hydrogens (tertiary/aromatic N) is 2. The van der Waals surface area contributed by atoms with Crippen LogP contribution in [0.3, 0.4) is 0 Å². The lowest BCUT2D eigenvalue weighted by atomic mass is 10.5. The molecule has 0 aliphatic carbocycles. The van der Waals surface area contributed by atoms with Gasteiger partial charge in [0.2, 0.25) is 10.0 Å². The second-order valence-corrected chi connectivity index (χ2v) is 6.57. The van der Waals surface area contributed by atoms with Gasteiger partial charge in [-0.15, -0.1) is 11.6 Å². The molecule has 1 rings (SSSR count). The summed E-state index contributed by atoms with van der Waals surface area (Å²) in [6.45, 7) is -0.0602. The van der Waals surface area contributed by atoms with E-state index in [-0.39, 0.29) is 17.3 Å². The highest BCUT2D eigenvalue weighted by Gasteiger charge is 2.37. The summed E-state index contributed by atoms with van der Waals surface area (Å²) >= 11 is 5.63. The van der Waals surface area contributed by atoms with Crippen LogP contribution in [0.25, 0.3) is 0 Å². The van der Waals surface area contributed by atoms with Crippen LogP contribution in [-0.4, -0.2) is 36.6 Å². The molecule has 0 N–H and O–H groups in total. The lowest BCUT2D eigenvalue weighted by Gasteiger charge is -2.22. The molecule has 1 heterocycles. The van der Waals surface area contributed by atoms with Crippen molar-refractivity contribution in [3.05, 3.63) is 18.0 Å². The third-order valence-corrected chi connectivity index (χ3v) is 4.77. The van der Waals surface area contributed by atoms with E-state index in [1.165, 1.54) is 16.8 Å². The fraction of sp³-hybridized carbons (Fsp3) is 0.636. The van der Waals surface area contributed by atoms with Crippen molar-refractivity contribution in [1.82, 2.24) is 8.87 Å². The second-order valence-electron chi connectivity index (χ2n) is 4.37. The monoisotopic (exact) mass is 332 g/mol. The number of rotatable bonds is 6. The van der Waals surface area contributed by atoms with Crippen LogP contribution in [0.4, 0.5) is 13.2 Å². The molecule has 1 aromatic rings. The normalized spacial score (nSPS) is 13.2. The van der Waals surface area contributed by atoms with Crippen molar-refractivity contribution in [1.29, 1.82) is 0 Å². The van der Waals surface area contributed by atoms with Crippen LogP contribution in [0.1, 0.15) is 19.0 Å². The first-order valence-corrected chi connectivity index (χ1v) is 7.87. The summed E-state index contributed by atoms with van der Waals surface area (Å²) in [7, 11) is -2.59. The number of hydrogen-bond donors (Lipinski definition) is 0. The Morgan fingerprint density at radius 2 is 2.00 bits per heavy atom. The minimum atomic E-state index is -4.58. The largest absolute Gasteiger partial charge is 0.402 e. The van der Waals surface area contributed by atoms with Gasteiger partial charge in [0.1, 0.15) is 11.4 Å². The number of aryl methyl sites for hydroxylation is 1. The topological polar surface area (TPSA) is 42.3 Å². The average molecular weight is 333 g/mol. The fourth-order valence-electron chi connectivity index (χ4n) is 1.73. The maximum Gasteiger partial charge on any atom is 0.402 e. The van der Waals surface area contributed by atoms with Gasteiger partial charge in [-0.1, -0.05) is 6.92 Å². The molecular weight excluding hydrogens is 317 g/mol. The zero-order chi connectivity index (χ0) is 15.6. The molecule has 1 aromatic heterocycles. The molecule has 20 heavy (non-hydrogen) atoms. The van der Waals surface area contributed by atoms with E-state index in [0.29, 0.717) is 16.4 Å². The number of halogens is 4. The summed E-state index contributed by atoms with van der Waals surface area (Å²) in [6, 6.07) is 1.29. The molecule has 0 saturated carbocycles. The molecule has 9 heteroatoms. The van der Waals surface area contributed by atoms with E-state index in [1.54, 1.807) is 14.0 Å². The van der Waals surface area contributed by atoms with Gasteiger partial charge in [0.25, 0.3) is 0 Å². The van der Waals surface area contributed by atoms with Crippen molar-refractivity contribution in [3.63, 3.8) is 0 Å². The summed E-state index contributed by atoms with van der Waals surface area (Å²) in [4.78, 5) is -0.173. The van der Waals surface area contributed by atoms with Crippen LogP contribution in [0.15, 0.2) is 17.2 Å². The second kappa shape index (κ2) is 6.36. The Balaban J connectivity index is 3.15. The van der Waals surface area contributed by atoms with E-state index in [9.17, 15) is 21.6 Å². The molecule has 0 aromatic carbocycles. The van der Waals surface area contributed by atoms with E-state index >= 15 is 0 Å². The molecule has 4 nitrogen and oxygen atoms in total. The van der Waals surface area contributed by atoms with E-state index in [1.807, 2.05) is 0 Å². The van der Waals surface area contributed by atoms with Crippen molar-refractivity contribution in [2.75, 3.05) is 13.1 Å². The quantitative estimate of drug-likeness (QED) is 0.752. The van der Waals surface area contributed by atoms with Crippen molar-refractivity contribution in [2.24, 2.45) is 7.05 Å². The smallest absolute Gasteiger partial charge is 0.352 e. The van der Waals surface area contributed by atoms with Crippen molar-refractivity contribution in [3.8, 4) is 0 Å². The summed E-state index contributed by atoms with van der Waals surface area (Å²) in [5, 5.41) is 0. The Morgan fingerprint density at radius 1 is 1.40 bits per heavy atom. The highest BCUT2D eigenvalue weighted by Crippen LogP contribution is 2.24. The van der Waals surface area contributed by atoms with Gasteiger partial charge in [-0.3, -0.25) is 0 Å². The van der Waals surface area contributed by atoms with Gasteiger partial charge >= 0.3 is 6.18 Å². The zero-order valence-electron chi connectivity index (χ0n) is 11.1. The highest BCUT2D eigenvalue weighted by atomic mass is 35.5. The zero-order valence-corrected chi connectivity index (χ0v) is 12.7. The first-order valence-electron chi connectivity index (χ1n) is 5.90. The van der Waals surface area contributed by atoms with E-state index in [0.717, 1.165) is 0 Å². The number of hydrogen-bond acceptors (Lipinski definition) is 2. The maximum atomic E-state index is 12.5. The van der Waals surface area contributed by atoms with Crippen LogP contribution < -0.4 is 0 Å². The number of aromatic nitrogens is 1. The molecule has 0 atom stereocenters. The molecule has 0 aliphatic heterocycles. The van der Waals surface area contributed by atoms with Crippen LogP contribution >= 0.6 is 11.6 Å². The van der Waals surface area contributed by atoms with Gasteiger partial charge in [-0.25, -0.2) is 8.42 Å². The Morgan fingerprint density at radius 3 is 2.40 bits per heavy atom. The average Bonchev–Trinajstić information content (AvgIpc) is 2.69. The van der Waals surface area contributed by atoms with E-state index < -0.39 is 22.7 Å². The van der Waals surface area contributed by atoms with E-state index in [2.05, 4.69) is 0 Å². The van der Waals surface area contributed by atoms with Gasteiger partial charge in [0.05, 0.1) is 5.88 Å². The Labute approximate surface area is 121 Å². The Kier molecular flexibility index (Phi) is 5.51. The molecule has 0 spiro atoms. The molecule has 0 fully saturated rings. The number of sulfonamides is 1. The van der Waals surface area contributed by atoms with Gasteiger partial charge < -0.3 is 4.57 Å². The van der Waals surface area contributed by atoms with Crippen molar-refractivity contribution in [2.45, 2.75) is 30.3 Å². The molecule has 0 bridgehead atoms. The summed E-state index contributed by atoms with van der Waals surface area (Å²) < 4.78 is 63.9. The lowest BCUT2D eigenvalue weighted by Crippen LogP contribution is -2.39. The first-order chi connectivity index (χ1) is 9.11. The molecule has 0 aliphatic rings. The summed E-state index contributed by atoms with van der Waals surface area (Å²) in [6.07, 6.45) is -3.01. The molecule has 0 radical (unpaired) electrons. The Hall–Kier alpha value is -0.730.